The van der Waals surface area contributed by atoms with Gasteiger partial charge in [0.2, 0.25) is 0 Å². The highest BCUT2D eigenvalue weighted by Gasteiger charge is 2.12. The standard InChI is InChI=1S/C17H14Cl2N4O4/c1-10(24)27-8-16(25)21-15-5-4-14-20-9-22(17(26)23(14)15)7-11-2-3-12(18)13(19)6-11/h2-6,9H,7-8H2,1H3,(H,21,25). The highest BCUT2D eigenvalue weighted by Crippen LogP contribution is 2.22. The van der Waals surface area contributed by atoms with Gasteiger partial charge in [-0.05, 0) is 29.8 Å². The molecule has 0 unspecified atom stereocenters. The molecule has 0 fully saturated rings. The van der Waals surface area contributed by atoms with Crippen LogP contribution in [0.3, 0.4) is 0 Å². The van der Waals surface area contributed by atoms with Crippen molar-refractivity contribution in [1.82, 2.24) is 14.0 Å². The van der Waals surface area contributed by atoms with Crippen LogP contribution in [0, 0.1) is 0 Å². The summed E-state index contributed by atoms with van der Waals surface area (Å²) in [7, 11) is 0. The second-order valence-electron chi connectivity index (χ2n) is 5.64. The second kappa shape index (κ2) is 7.81. The molecule has 0 atom stereocenters. The Morgan fingerprint density at radius 3 is 2.67 bits per heavy atom. The van der Waals surface area contributed by atoms with Gasteiger partial charge in [-0.1, -0.05) is 29.3 Å². The largest absolute Gasteiger partial charge is 0.456 e. The van der Waals surface area contributed by atoms with E-state index in [1.54, 1.807) is 30.3 Å². The molecule has 1 aromatic carbocycles. The molecular formula is C17H14Cl2N4O4. The lowest BCUT2D eigenvalue weighted by molar-refractivity contribution is -0.144. The number of carbonyl (C=O) groups excluding carboxylic acids is 2. The number of aromatic nitrogens is 3. The number of rotatable bonds is 5. The van der Waals surface area contributed by atoms with Crippen molar-refractivity contribution in [1.29, 1.82) is 0 Å². The van der Waals surface area contributed by atoms with Crippen molar-refractivity contribution in [3.8, 4) is 0 Å². The van der Waals surface area contributed by atoms with Crippen molar-refractivity contribution in [2.24, 2.45) is 0 Å². The van der Waals surface area contributed by atoms with E-state index in [1.165, 1.54) is 22.2 Å². The maximum atomic E-state index is 12.8. The lowest BCUT2D eigenvalue weighted by Gasteiger charge is -2.09. The number of nitrogens with zero attached hydrogens (tertiary/aromatic N) is 3. The Kier molecular flexibility index (Phi) is 5.48. The van der Waals surface area contributed by atoms with Gasteiger partial charge >= 0.3 is 11.7 Å². The van der Waals surface area contributed by atoms with Gasteiger partial charge in [0.1, 0.15) is 17.8 Å². The zero-order valence-corrected chi connectivity index (χ0v) is 15.6. The average Bonchev–Trinajstić information content (AvgIpc) is 3.02. The first-order valence-electron chi connectivity index (χ1n) is 7.79. The maximum absolute atomic E-state index is 12.8. The molecule has 0 aliphatic heterocycles. The van der Waals surface area contributed by atoms with E-state index in [4.69, 9.17) is 23.2 Å². The molecule has 0 saturated heterocycles. The van der Waals surface area contributed by atoms with Gasteiger partial charge in [-0.3, -0.25) is 14.2 Å². The van der Waals surface area contributed by atoms with Gasteiger partial charge in [-0.15, -0.1) is 0 Å². The van der Waals surface area contributed by atoms with Gasteiger partial charge in [0.15, 0.2) is 6.61 Å². The van der Waals surface area contributed by atoms with E-state index in [-0.39, 0.29) is 12.4 Å². The summed E-state index contributed by atoms with van der Waals surface area (Å²) in [4.78, 5) is 39.7. The van der Waals surface area contributed by atoms with Crippen LogP contribution < -0.4 is 11.0 Å². The number of nitrogens with one attached hydrogen (secondary N) is 1. The Morgan fingerprint density at radius 1 is 1.19 bits per heavy atom. The van der Waals surface area contributed by atoms with Crippen LogP contribution in [-0.2, 0) is 20.9 Å². The van der Waals surface area contributed by atoms with Gasteiger partial charge in [-0.25, -0.2) is 14.2 Å². The number of benzene rings is 1. The van der Waals surface area contributed by atoms with E-state index in [1.807, 2.05) is 0 Å². The van der Waals surface area contributed by atoms with Crippen LogP contribution in [0.5, 0.6) is 0 Å². The highest BCUT2D eigenvalue weighted by molar-refractivity contribution is 6.42. The molecule has 0 saturated carbocycles. The summed E-state index contributed by atoms with van der Waals surface area (Å²) in [5.41, 5.74) is 0.729. The van der Waals surface area contributed by atoms with Crippen molar-refractivity contribution in [2.75, 3.05) is 11.9 Å². The number of anilines is 1. The van der Waals surface area contributed by atoms with Crippen molar-refractivity contribution in [3.05, 3.63) is 62.8 Å². The highest BCUT2D eigenvalue weighted by atomic mass is 35.5. The topological polar surface area (TPSA) is 94.7 Å². The smallest absolute Gasteiger partial charge is 0.337 e. The zero-order chi connectivity index (χ0) is 19.6. The number of amides is 1. The Labute approximate surface area is 163 Å². The third kappa shape index (κ3) is 4.29. The fraction of sp³-hybridized carbons (Fsp3) is 0.176. The Hall–Kier alpha value is -2.84. The van der Waals surface area contributed by atoms with Gasteiger partial charge < -0.3 is 10.1 Å². The maximum Gasteiger partial charge on any atom is 0.337 e. The Balaban J connectivity index is 1.89. The molecule has 3 rings (SSSR count). The quantitative estimate of drug-likeness (QED) is 0.653. The molecule has 8 nitrogen and oxygen atoms in total. The minimum absolute atomic E-state index is 0.220. The molecule has 0 bridgehead atoms. The van der Waals surface area contributed by atoms with E-state index in [0.29, 0.717) is 15.7 Å². The van der Waals surface area contributed by atoms with Crippen LogP contribution in [0.2, 0.25) is 10.0 Å². The molecular weight excluding hydrogens is 395 g/mol. The van der Waals surface area contributed by atoms with Crippen molar-refractivity contribution >= 4 is 46.5 Å². The van der Waals surface area contributed by atoms with E-state index in [0.717, 1.165) is 5.56 Å². The van der Waals surface area contributed by atoms with Crippen LogP contribution in [0.1, 0.15) is 12.5 Å². The van der Waals surface area contributed by atoms with Gasteiger partial charge in [0.05, 0.1) is 16.6 Å². The minimum Gasteiger partial charge on any atom is -0.456 e. The van der Waals surface area contributed by atoms with Crippen molar-refractivity contribution in [3.63, 3.8) is 0 Å². The number of halogens is 2. The molecule has 1 N–H and O–H groups in total. The SMILES string of the molecule is CC(=O)OCC(=O)Nc1ccc2ncn(Cc3ccc(Cl)c(Cl)c3)c(=O)n12. The number of fused-ring (bicyclic) bond motifs is 1. The first-order chi connectivity index (χ1) is 12.8. The summed E-state index contributed by atoms with van der Waals surface area (Å²) in [6.45, 7) is 0.976. The summed E-state index contributed by atoms with van der Waals surface area (Å²) in [5.74, 6) is -0.913. The second-order valence-corrected chi connectivity index (χ2v) is 6.46. The molecule has 27 heavy (non-hydrogen) atoms. The molecule has 0 radical (unpaired) electrons. The Morgan fingerprint density at radius 2 is 1.96 bits per heavy atom. The van der Waals surface area contributed by atoms with E-state index in [9.17, 15) is 14.4 Å². The van der Waals surface area contributed by atoms with Crippen LogP contribution in [0.15, 0.2) is 41.5 Å². The summed E-state index contributed by atoms with van der Waals surface area (Å²) >= 11 is 11.9. The third-order valence-electron chi connectivity index (χ3n) is 3.64. The predicted molar refractivity (Wildman–Crippen MR) is 100 cm³/mol. The monoisotopic (exact) mass is 408 g/mol. The number of esters is 1. The van der Waals surface area contributed by atoms with Crippen LogP contribution in [0.25, 0.3) is 5.65 Å². The van der Waals surface area contributed by atoms with Gasteiger partial charge in [-0.2, -0.15) is 0 Å². The normalized spacial score (nSPS) is 10.8. The first kappa shape index (κ1) is 18.9. The van der Waals surface area contributed by atoms with Crippen molar-refractivity contribution < 1.29 is 14.3 Å². The summed E-state index contributed by atoms with van der Waals surface area (Å²) in [6, 6.07) is 8.19. The lowest BCUT2D eigenvalue weighted by atomic mass is 10.2. The summed E-state index contributed by atoms with van der Waals surface area (Å²) in [5, 5.41) is 3.33. The first-order valence-corrected chi connectivity index (χ1v) is 8.55. The Bertz CT molecular complexity index is 1090. The molecule has 3 aromatic rings. The average molecular weight is 409 g/mol. The minimum atomic E-state index is -0.573. The molecule has 2 heterocycles. The van der Waals surface area contributed by atoms with Crippen molar-refractivity contribution in [2.45, 2.75) is 13.5 Å². The summed E-state index contributed by atoms with van der Waals surface area (Å²) in [6.07, 6.45) is 1.41. The zero-order valence-electron chi connectivity index (χ0n) is 14.1. The van der Waals surface area contributed by atoms with E-state index < -0.39 is 24.2 Å². The molecule has 0 spiro atoms. The number of carbonyl (C=O) groups is 2. The van der Waals surface area contributed by atoms with Crippen LogP contribution in [-0.4, -0.2) is 32.4 Å². The lowest BCUT2D eigenvalue weighted by Crippen LogP contribution is -2.29. The third-order valence-corrected chi connectivity index (χ3v) is 4.38. The predicted octanol–water partition coefficient (Wildman–Crippen LogP) is 2.35. The fourth-order valence-corrected chi connectivity index (χ4v) is 2.74. The molecule has 140 valence electrons. The molecule has 1 amide bonds. The van der Waals surface area contributed by atoms with Crippen LogP contribution >= 0.6 is 23.2 Å². The van der Waals surface area contributed by atoms with Crippen LogP contribution in [0.4, 0.5) is 5.82 Å². The molecule has 10 heteroatoms. The molecule has 0 aliphatic rings. The number of hydrogen-bond acceptors (Lipinski definition) is 5. The fourth-order valence-electron chi connectivity index (χ4n) is 2.42. The molecule has 2 aromatic heterocycles. The molecule has 0 aliphatic carbocycles. The van der Waals surface area contributed by atoms with Gasteiger partial charge in [0.25, 0.3) is 5.91 Å². The van der Waals surface area contributed by atoms with Gasteiger partial charge in [0, 0.05) is 6.92 Å². The summed E-state index contributed by atoms with van der Waals surface area (Å²) < 4.78 is 7.26. The number of hydrogen-bond donors (Lipinski definition) is 1. The number of ether oxygens (including phenoxy) is 1. The van der Waals surface area contributed by atoms with E-state index in [2.05, 4.69) is 15.0 Å². The van der Waals surface area contributed by atoms with E-state index >= 15 is 0 Å².